The third-order valence-electron chi connectivity index (χ3n) is 7.12. The van der Waals surface area contributed by atoms with Gasteiger partial charge in [-0.2, -0.15) is 0 Å². The third-order valence-corrected chi connectivity index (χ3v) is 7.12. The zero-order chi connectivity index (χ0) is 17.0. The van der Waals surface area contributed by atoms with Gasteiger partial charge in [-0.1, -0.05) is 52.4 Å². The van der Waals surface area contributed by atoms with E-state index in [-0.39, 0.29) is 5.66 Å². The SMILES string of the molecule is CCCCC1CN(C(=O)CC)C2(CCCCC2)NC12CCCCC2. The van der Waals surface area contributed by atoms with Gasteiger partial charge in [-0.05, 0) is 50.9 Å². The number of carbonyl (C=O) groups excluding carboxylic acids is 1. The van der Waals surface area contributed by atoms with Crippen LogP contribution in [0.3, 0.4) is 0 Å². The van der Waals surface area contributed by atoms with Gasteiger partial charge in [-0.15, -0.1) is 0 Å². The molecule has 0 aromatic heterocycles. The van der Waals surface area contributed by atoms with Gasteiger partial charge in [0.05, 0.1) is 5.66 Å². The van der Waals surface area contributed by atoms with Crippen molar-refractivity contribution in [1.82, 2.24) is 10.2 Å². The van der Waals surface area contributed by atoms with Crippen LogP contribution < -0.4 is 5.32 Å². The molecule has 3 nitrogen and oxygen atoms in total. The maximum atomic E-state index is 12.8. The highest BCUT2D eigenvalue weighted by atomic mass is 16.2. The molecule has 1 N–H and O–H groups in total. The Morgan fingerprint density at radius 3 is 2.21 bits per heavy atom. The molecule has 3 fully saturated rings. The first-order valence-electron chi connectivity index (χ1n) is 10.8. The fourth-order valence-electron chi connectivity index (χ4n) is 5.80. The van der Waals surface area contributed by atoms with E-state index < -0.39 is 0 Å². The quantitative estimate of drug-likeness (QED) is 0.785. The summed E-state index contributed by atoms with van der Waals surface area (Å²) in [5, 5.41) is 4.21. The van der Waals surface area contributed by atoms with Crippen LogP contribution in [0.4, 0.5) is 0 Å². The van der Waals surface area contributed by atoms with Crippen LogP contribution in [0, 0.1) is 5.92 Å². The van der Waals surface area contributed by atoms with Gasteiger partial charge in [0.25, 0.3) is 0 Å². The van der Waals surface area contributed by atoms with Crippen LogP contribution >= 0.6 is 0 Å². The first-order chi connectivity index (χ1) is 11.7. The number of unbranched alkanes of at least 4 members (excludes halogenated alkanes) is 1. The number of hydrogen-bond donors (Lipinski definition) is 1. The molecule has 1 saturated heterocycles. The molecule has 0 bridgehead atoms. The van der Waals surface area contributed by atoms with Crippen molar-refractivity contribution in [3.8, 4) is 0 Å². The molecule has 1 atom stereocenters. The van der Waals surface area contributed by atoms with E-state index in [0.29, 0.717) is 23.8 Å². The van der Waals surface area contributed by atoms with Gasteiger partial charge in [0.2, 0.25) is 5.91 Å². The predicted molar refractivity (Wildman–Crippen MR) is 99.8 cm³/mol. The van der Waals surface area contributed by atoms with Crippen molar-refractivity contribution in [2.24, 2.45) is 5.92 Å². The summed E-state index contributed by atoms with van der Waals surface area (Å²) in [5.41, 5.74) is 0.292. The Morgan fingerprint density at radius 1 is 1.00 bits per heavy atom. The summed E-state index contributed by atoms with van der Waals surface area (Å²) in [6, 6.07) is 0. The van der Waals surface area contributed by atoms with Crippen molar-refractivity contribution in [3.05, 3.63) is 0 Å². The first-order valence-corrected chi connectivity index (χ1v) is 10.8. The normalized spacial score (nSPS) is 29.1. The molecule has 0 radical (unpaired) electrons. The lowest BCUT2D eigenvalue weighted by atomic mass is 9.66. The average Bonchev–Trinajstić information content (AvgIpc) is 2.62. The van der Waals surface area contributed by atoms with Crippen molar-refractivity contribution in [2.75, 3.05) is 6.54 Å². The Bertz CT molecular complexity index is 422. The van der Waals surface area contributed by atoms with Gasteiger partial charge in [0.1, 0.15) is 0 Å². The number of nitrogens with zero attached hydrogens (tertiary/aromatic N) is 1. The van der Waals surface area contributed by atoms with Gasteiger partial charge in [0.15, 0.2) is 0 Å². The summed E-state index contributed by atoms with van der Waals surface area (Å²) in [6.45, 7) is 5.34. The van der Waals surface area contributed by atoms with E-state index in [4.69, 9.17) is 0 Å². The molecule has 2 aliphatic carbocycles. The second-order valence-electron chi connectivity index (χ2n) is 8.63. The first kappa shape index (κ1) is 18.2. The minimum atomic E-state index is -0.0224. The lowest BCUT2D eigenvalue weighted by molar-refractivity contribution is -0.155. The minimum Gasteiger partial charge on any atom is -0.324 e. The molecule has 1 aliphatic heterocycles. The molecule has 2 spiro atoms. The summed E-state index contributed by atoms with van der Waals surface area (Å²) < 4.78 is 0. The van der Waals surface area contributed by atoms with Crippen molar-refractivity contribution in [1.29, 1.82) is 0 Å². The van der Waals surface area contributed by atoms with Gasteiger partial charge >= 0.3 is 0 Å². The molecule has 3 rings (SSSR count). The van der Waals surface area contributed by atoms with Crippen molar-refractivity contribution >= 4 is 5.91 Å². The largest absolute Gasteiger partial charge is 0.324 e. The molecule has 0 aromatic carbocycles. The highest BCUT2D eigenvalue weighted by Gasteiger charge is 2.54. The molecule has 2 saturated carbocycles. The highest BCUT2D eigenvalue weighted by Crippen LogP contribution is 2.46. The Kier molecular flexibility index (Phi) is 5.89. The van der Waals surface area contributed by atoms with Crippen molar-refractivity contribution in [3.63, 3.8) is 0 Å². The van der Waals surface area contributed by atoms with Crippen LogP contribution in [0.2, 0.25) is 0 Å². The summed E-state index contributed by atoms with van der Waals surface area (Å²) >= 11 is 0. The van der Waals surface area contributed by atoms with E-state index in [9.17, 15) is 4.79 Å². The van der Waals surface area contributed by atoms with Crippen molar-refractivity contribution < 1.29 is 4.79 Å². The number of nitrogens with one attached hydrogen (secondary N) is 1. The maximum Gasteiger partial charge on any atom is 0.223 e. The number of carbonyl (C=O) groups is 1. The van der Waals surface area contributed by atoms with Gasteiger partial charge in [0, 0.05) is 18.5 Å². The third kappa shape index (κ3) is 3.38. The lowest BCUT2D eigenvalue weighted by Gasteiger charge is -2.61. The monoisotopic (exact) mass is 334 g/mol. The molecule has 3 heteroatoms. The molecule has 3 aliphatic rings. The van der Waals surface area contributed by atoms with Gasteiger partial charge < -0.3 is 4.90 Å². The Hall–Kier alpha value is -0.570. The van der Waals surface area contributed by atoms with Crippen LogP contribution in [0.5, 0.6) is 0 Å². The molecule has 0 aromatic rings. The molecular weight excluding hydrogens is 296 g/mol. The predicted octanol–water partition coefficient (Wildman–Crippen LogP) is 5.00. The summed E-state index contributed by atoms with van der Waals surface area (Å²) in [4.78, 5) is 15.1. The van der Waals surface area contributed by atoms with Crippen LogP contribution in [-0.2, 0) is 4.79 Å². The van der Waals surface area contributed by atoms with Crippen LogP contribution in [0.1, 0.15) is 104 Å². The molecule has 1 heterocycles. The van der Waals surface area contributed by atoms with Crippen LogP contribution in [-0.4, -0.2) is 28.6 Å². The number of amides is 1. The average molecular weight is 335 g/mol. The highest BCUT2D eigenvalue weighted by molar-refractivity contribution is 5.77. The van der Waals surface area contributed by atoms with E-state index in [1.54, 1.807) is 0 Å². The standard InChI is InChI=1S/C21H38N2O/c1-3-5-12-18-17-23(19(24)4-2)21(15-10-7-11-16-21)22-20(18)13-8-6-9-14-20/h18,22H,3-17H2,1-2H3. The Balaban J connectivity index is 1.89. The Labute approximate surface area is 148 Å². The fourth-order valence-corrected chi connectivity index (χ4v) is 5.80. The minimum absolute atomic E-state index is 0.0224. The molecule has 24 heavy (non-hydrogen) atoms. The topological polar surface area (TPSA) is 32.3 Å². The summed E-state index contributed by atoms with van der Waals surface area (Å²) in [6.07, 6.45) is 17.5. The summed E-state index contributed by atoms with van der Waals surface area (Å²) in [7, 11) is 0. The number of hydrogen-bond acceptors (Lipinski definition) is 2. The molecular formula is C21H38N2O. The van der Waals surface area contributed by atoms with Gasteiger partial charge in [-0.25, -0.2) is 0 Å². The van der Waals surface area contributed by atoms with E-state index in [1.807, 2.05) is 6.92 Å². The maximum absolute atomic E-state index is 12.8. The van der Waals surface area contributed by atoms with E-state index >= 15 is 0 Å². The van der Waals surface area contributed by atoms with Crippen molar-refractivity contribution in [2.45, 2.75) is 115 Å². The van der Waals surface area contributed by atoms with E-state index in [2.05, 4.69) is 17.1 Å². The molecule has 1 unspecified atom stereocenters. The molecule has 138 valence electrons. The summed E-state index contributed by atoms with van der Waals surface area (Å²) in [5.74, 6) is 1.03. The zero-order valence-corrected chi connectivity index (χ0v) is 16.0. The zero-order valence-electron chi connectivity index (χ0n) is 16.0. The number of rotatable bonds is 4. The van der Waals surface area contributed by atoms with Gasteiger partial charge in [-0.3, -0.25) is 10.1 Å². The smallest absolute Gasteiger partial charge is 0.223 e. The second-order valence-corrected chi connectivity index (χ2v) is 8.63. The fraction of sp³-hybridized carbons (Fsp3) is 0.952. The van der Waals surface area contributed by atoms with Crippen LogP contribution in [0.25, 0.3) is 0 Å². The lowest BCUT2D eigenvalue weighted by Crippen LogP contribution is -2.76. The van der Waals surface area contributed by atoms with E-state index in [1.165, 1.54) is 83.5 Å². The van der Waals surface area contributed by atoms with Crippen LogP contribution in [0.15, 0.2) is 0 Å². The van der Waals surface area contributed by atoms with E-state index in [0.717, 1.165) is 6.54 Å². The Morgan fingerprint density at radius 2 is 1.62 bits per heavy atom. The second kappa shape index (κ2) is 7.76. The molecule has 1 amide bonds.